The lowest BCUT2D eigenvalue weighted by molar-refractivity contribution is -0.115. The lowest BCUT2D eigenvalue weighted by Crippen LogP contribution is -2.29. The monoisotopic (exact) mass is 358 g/mol. The van der Waals surface area contributed by atoms with Crippen LogP contribution in [0.2, 0.25) is 0 Å². The van der Waals surface area contributed by atoms with Crippen molar-refractivity contribution in [3.8, 4) is 6.07 Å². The van der Waals surface area contributed by atoms with Crippen molar-refractivity contribution >= 4 is 21.6 Å². The summed E-state index contributed by atoms with van der Waals surface area (Å²) >= 11 is 0. The van der Waals surface area contributed by atoms with E-state index < -0.39 is 10.0 Å². The molecule has 0 unspecified atom stereocenters. The molecule has 0 aliphatic carbocycles. The summed E-state index contributed by atoms with van der Waals surface area (Å²) in [6, 6.07) is 15.1. The van der Waals surface area contributed by atoms with Gasteiger partial charge >= 0.3 is 0 Å². The molecule has 0 saturated heterocycles. The van der Waals surface area contributed by atoms with Crippen molar-refractivity contribution in [2.75, 3.05) is 18.4 Å². The Labute approximate surface area is 146 Å². The largest absolute Gasteiger partial charge is 0.324 e. The second kappa shape index (κ2) is 8.39. The van der Waals surface area contributed by atoms with Crippen molar-refractivity contribution in [3.05, 3.63) is 59.7 Å². The molecule has 2 rings (SSSR count). The van der Waals surface area contributed by atoms with Crippen LogP contribution in [0.3, 0.4) is 0 Å². The summed E-state index contributed by atoms with van der Waals surface area (Å²) in [5.74, 6) is -0.243. The molecule has 1 amide bonds. The van der Waals surface area contributed by atoms with Gasteiger partial charge in [-0.2, -0.15) is 5.26 Å². The molecule has 4 N–H and O–H groups in total. The highest BCUT2D eigenvalue weighted by Gasteiger charge is 2.07. The van der Waals surface area contributed by atoms with Crippen molar-refractivity contribution < 1.29 is 13.2 Å². The minimum Gasteiger partial charge on any atom is -0.324 e. The van der Waals surface area contributed by atoms with Crippen LogP contribution in [0.1, 0.15) is 11.1 Å². The molecule has 0 aliphatic heterocycles. The summed E-state index contributed by atoms with van der Waals surface area (Å²) in [5, 5.41) is 19.7. The molecular formula is C17H18N4O3S. The number of hydrogen-bond donors (Lipinski definition) is 3. The summed E-state index contributed by atoms with van der Waals surface area (Å²) in [6.45, 7) is 0.650. The normalized spacial score (nSPS) is 10.9. The number of anilines is 1. The lowest BCUT2D eigenvalue weighted by Gasteiger charge is -2.08. The van der Waals surface area contributed by atoms with E-state index in [1.54, 1.807) is 36.4 Å². The molecule has 0 aliphatic rings. The van der Waals surface area contributed by atoms with Gasteiger partial charge in [-0.25, -0.2) is 13.6 Å². The summed E-state index contributed by atoms with van der Waals surface area (Å²) in [6.07, 6.45) is 0.632. The number of para-hydroxylation sites is 1. The van der Waals surface area contributed by atoms with Gasteiger partial charge in [0.15, 0.2) is 0 Å². The fourth-order valence-electron chi connectivity index (χ4n) is 2.16. The number of benzene rings is 2. The molecule has 0 aromatic heterocycles. The zero-order valence-corrected chi connectivity index (χ0v) is 14.2. The minimum absolute atomic E-state index is 0.0692. The number of nitrogens with zero attached hydrogens (tertiary/aromatic N) is 1. The Balaban J connectivity index is 1.77. The van der Waals surface area contributed by atoms with Crippen LogP contribution in [0, 0.1) is 11.3 Å². The van der Waals surface area contributed by atoms with Gasteiger partial charge in [-0.05, 0) is 42.8 Å². The third-order valence-electron chi connectivity index (χ3n) is 3.45. The third-order valence-corrected chi connectivity index (χ3v) is 4.38. The first-order valence-electron chi connectivity index (χ1n) is 7.51. The summed E-state index contributed by atoms with van der Waals surface area (Å²) in [7, 11) is -3.68. The Kier molecular flexibility index (Phi) is 6.25. The van der Waals surface area contributed by atoms with Crippen LogP contribution < -0.4 is 15.8 Å². The van der Waals surface area contributed by atoms with E-state index in [2.05, 4.69) is 10.6 Å². The zero-order valence-electron chi connectivity index (χ0n) is 13.4. The van der Waals surface area contributed by atoms with Crippen LogP contribution >= 0.6 is 0 Å². The SMILES string of the molecule is N#Cc1ccccc1NC(=O)CNCCc1ccc(S(N)(=O)=O)cc1. The molecule has 8 heteroatoms. The highest BCUT2D eigenvalue weighted by molar-refractivity contribution is 7.89. The third kappa shape index (κ3) is 5.69. The fraction of sp³-hybridized carbons (Fsp3) is 0.176. The Morgan fingerprint density at radius 2 is 1.80 bits per heavy atom. The fourth-order valence-corrected chi connectivity index (χ4v) is 2.68. The number of nitrogens with two attached hydrogens (primary N) is 1. The van der Waals surface area contributed by atoms with E-state index >= 15 is 0 Å². The van der Waals surface area contributed by atoms with Gasteiger partial charge in [0.25, 0.3) is 0 Å². The van der Waals surface area contributed by atoms with Crippen LogP contribution in [0.5, 0.6) is 0 Å². The molecule has 130 valence electrons. The van der Waals surface area contributed by atoms with Crippen LogP contribution in [0.25, 0.3) is 0 Å². The molecule has 0 fully saturated rings. The van der Waals surface area contributed by atoms with Gasteiger partial charge in [0, 0.05) is 0 Å². The van der Waals surface area contributed by atoms with Gasteiger partial charge in [0.1, 0.15) is 6.07 Å². The predicted molar refractivity (Wildman–Crippen MR) is 94.2 cm³/mol. The Bertz CT molecular complexity index is 887. The molecule has 0 spiro atoms. The summed E-state index contributed by atoms with van der Waals surface area (Å²) < 4.78 is 22.4. The van der Waals surface area contributed by atoms with Gasteiger partial charge in [0.2, 0.25) is 15.9 Å². The molecule has 0 bridgehead atoms. The number of carbonyl (C=O) groups excluding carboxylic acids is 1. The standard InChI is InChI=1S/C17H18N4O3S/c18-11-14-3-1-2-4-16(14)21-17(22)12-20-10-9-13-5-7-15(8-6-13)25(19,23)24/h1-8,20H,9-10,12H2,(H,21,22)(H2,19,23,24). The number of sulfonamides is 1. The Morgan fingerprint density at radius 3 is 2.44 bits per heavy atom. The lowest BCUT2D eigenvalue weighted by atomic mass is 10.1. The number of nitriles is 1. The molecule has 25 heavy (non-hydrogen) atoms. The summed E-state index contributed by atoms with van der Waals surface area (Å²) in [5.41, 5.74) is 1.82. The van der Waals surface area contributed by atoms with Crippen LogP contribution in [-0.4, -0.2) is 27.4 Å². The first-order valence-corrected chi connectivity index (χ1v) is 9.06. The van der Waals surface area contributed by atoms with Gasteiger partial charge in [-0.1, -0.05) is 24.3 Å². The van der Waals surface area contributed by atoms with E-state index in [9.17, 15) is 13.2 Å². The molecule has 7 nitrogen and oxygen atoms in total. The van der Waals surface area contributed by atoms with Crippen molar-refractivity contribution in [2.24, 2.45) is 5.14 Å². The van der Waals surface area contributed by atoms with E-state index in [0.29, 0.717) is 24.2 Å². The minimum atomic E-state index is -3.68. The van der Waals surface area contributed by atoms with Crippen LogP contribution in [-0.2, 0) is 21.2 Å². The van der Waals surface area contributed by atoms with Crippen LogP contribution in [0.15, 0.2) is 53.4 Å². The van der Waals surface area contributed by atoms with E-state index in [1.165, 1.54) is 12.1 Å². The quantitative estimate of drug-likeness (QED) is 0.636. The Morgan fingerprint density at radius 1 is 1.12 bits per heavy atom. The number of carbonyl (C=O) groups is 1. The number of amides is 1. The first-order chi connectivity index (χ1) is 11.9. The van der Waals surface area contributed by atoms with Gasteiger partial charge in [0.05, 0.1) is 22.7 Å². The number of primary sulfonamides is 1. The maximum Gasteiger partial charge on any atom is 0.238 e. The molecule has 0 atom stereocenters. The maximum atomic E-state index is 11.9. The van der Waals surface area contributed by atoms with Crippen molar-refractivity contribution in [3.63, 3.8) is 0 Å². The average Bonchev–Trinajstić information content (AvgIpc) is 2.59. The van der Waals surface area contributed by atoms with Crippen molar-refractivity contribution in [2.45, 2.75) is 11.3 Å². The highest BCUT2D eigenvalue weighted by atomic mass is 32.2. The molecule has 0 heterocycles. The first kappa shape index (κ1) is 18.6. The topological polar surface area (TPSA) is 125 Å². The van der Waals surface area contributed by atoms with Crippen LogP contribution in [0.4, 0.5) is 5.69 Å². The molecule has 0 radical (unpaired) electrons. The molecule has 2 aromatic rings. The maximum absolute atomic E-state index is 11.9. The molecule has 0 saturated carbocycles. The average molecular weight is 358 g/mol. The van der Waals surface area contributed by atoms with Gasteiger partial charge < -0.3 is 10.6 Å². The second-order valence-corrected chi connectivity index (χ2v) is 6.88. The van der Waals surface area contributed by atoms with Crippen molar-refractivity contribution in [1.29, 1.82) is 5.26 Å². The van der Waals surface area contributed by atoms with Gasteiger partial charge in [-0.3, -0.25) is 4.79 Å². The Hall–Kier alpha value is -2.73. The second-order valence-electron chi connectivity index (χ2n) is 5.32. The van der Waals surface area contributed by atoms with E-state index in [4.69, 9.17) is 10.4 Å². The zero-order chi connectivity index (χ0) is 18.3. The van der Waals surface area contributed by atoms with E-state index in [-0.39, 0.29) is 17.3 Å². The van der Waals surface area contributed by atoms with E-state index in [1.807, 2.05) is 6.07 Å². The number of rotatable bonds is 7. The predicted octanol–water partition coefficient (Wildman–Crippen LogP) is 0.976. The molecular weight excluding hydrogens is 340 g/mol. The highest BCUT2D eigenvalue weighted by Crippen LogP contribution is 2.13. The summed E-state index contributed by atoms with van der Waals surface area (Å²) in [4.78, 5) is 12.0. The molecule has 2 aromatic carbocycles. The number of nitrogens with one attached hydrogen (secondary N) is 2. The van der Waals surface area contributed by atoms with Gasteiger partial charge in [-0.15, -0.1) is 0 Å². The van der Waals surface area contributed by atoms with E-state index in [0.717, 1.165) is 5.56 Å². The smallest absolute Gasteiger partial charge is 0.238 e. The van der Waals surface area contributed by atoms with Crippen molar-refractivity contribution in [1.82, 2.24) is 5.32 Å². The number of hydrogen-bond acceptors (Lipinski definition) is 5.